The lowest BCUT2D eigenvalue weighted by atomic mass is 10.1. The molecule has 0 atom stereocenters. The van der Waals surface area contributed by atoms with Gasteiger partial charge in [0, 0.05) is 6.61 Å². The first-order valence-corrected chi connectivity index (χ1v) is 9.71. The molecule has 2 heteroatoms. The van der Waals surface area contributed by atoms with Gasteiger partial charge in [-0.1, -0.05) is 59.9 Å². The molecule has 0 unspecified atom stereocenters. The summed E-state index contributed by atoms with van der Waals surface area (Å²) in [5, 5.41) is 1.24. The second-order valence-electron chi connectivity index (χ2n) is 5.54. The van der Waals surface area contributed by atoms with E-state index in [9.17, 15) is 0 Å². The van der Waals surface area contributed by atoms with Crippen molar-refractivity contribution < 1.29 is 4.43 Å². The van der Waals surface area contributed by atoms with Crippen LogP contribution in [-0.2, 0) is 10.8 Å². The quantitative estimate of drug-likeness (QED) is 0.698. The number of hydrogen-bond acceptors (Lipinski definition) is 1. The van der Waals surface area contributed by atoms with Gasteiger partial charge in [0.25, 0.3) is 8.32 Å². The maximum absolute atomic E-state index is 6.36. The smallest absolute Gasteiger partial charge is 0.272 e. The van der Waals surface area contributed by atoms with Crippen molar-refractivity contribution in [3.63, 3.8) is 0 Å². The summed E-state index contributed by atoms with van der Waals surface area (Å²) in [5.74, 6) is 0. The molecule has 0 radical (unpaired) electrons. The van der Waals surface area contributed by atoms with Gasteiger partial charge < -0.3 is 4.43 Å². The zero-order chi connectivity index (χ0) is 16.0. The summed E-state index contributed by atoms with van der Waals surface area (Å²) in [4.78, 5) is 0. The molecule has 0 heterocycles. The molecule has 1 nitrogen and oxygen atoms in total. The predicted molar refractivity (Wildman–Crippen MR) is 97.8 cm³/mol. The average molecular weight is 308 g/mol. The number of benzene rings is 2. The van der Waals surface area contributed by atoms with Crippen LogP contribution in [0, 0.1) is 13.8 Å². The molecule has 0 saturated heterocycles. The molecule has 0 aliphatic rings. The first kappa shape index (κ1) is 16.5. The SMILES string of the molecule is C=C[Si](C=C)(OCCc1ccccc1C)c1ccccc1C. The van der Waals surface area contributed by atoms with E-state index in [1.807, 2.05) is 11.4 Å². The molecule has 0 aromatic heterocycles. The molecule has 0 N–H and O–H groups in total. The molecule has 2 aromatic carbocycles. The van der Waals surface area contributed by atoms with Gasteiger partial charge in [-0.25, -0.2) is 0 Å². The Morgan fingerprint density at radius 1 is 0.909 bits per heavy atom. The lowest BCUT2D eigenvalue weighted by Gasteiger charge is -2.26. The first-order valence-electron chi connectivity index (χ1n) is 7.64. The normalized spacial score (nSPS) is 11.2. The molecule has 0 aliphatic carbocycles. The van der Waals surface area contributed by atoms with Crippen molar-refractivity contribution in [1.29, 1.82) is 0 Å². The molecular formula is C20H24OSi. The molecule has 2 aromatic rings. The van der Waals surface area contributed by atoms with Gasteiger partial charge in [0.2, 0.25) is 0 Å². The summed E-state index contributed by atoms with van der Waals surface area (Å²) in [6, 6.07) is 16.8. The van der Waals surface area contributed by atoms with E-state index >= 15 is 0 Å². The van der Waals surface area contributed by atoms with Crippen LogP contribution in [0.2, 0.25) is 0 Å². The predicted octanol–water partition coefficient (Wildman–Crippen LogP) is 4.17. The monoisotopic (exact) mass is 308 g/mol. The van der Waals surface area contributed by atoms with Crippen LogP contribution in [0.1, 0.15) is 16.7 Å². The Balaban J connectivity index is 2.16. The van der Waals surface area contributed by atoms with Crippen LogP contribution in [0.4, 0.5) is 0 Å². The summed E-state index contributed by atoms with van der Waals surface area (Å²) in [6.07, 6.45) is 0.912. The highest BCUT2D eigenvalue weighted by molar-refractivity contribution is 6.95. The van der Waals surface area contributed by atoms with E-state index in [4.69, 9.17) is 4.43 Å². The Bertz CT molecular complexity index is 652. The van der Waals surface area contributed by atoms with E-state index in [-0.39, 0.29) is 0 Å². The van der Waals surface area contributed by atoms with Gasteiger partial charge in [0.15, 0.2) is 0 Å². The van der Waals surface area contributed by atoms with E-state index in [0.717, 1.165) is 6.42 Å². The van der Waals surface area contributed by atoms with Crippen LogP contribution in [0.25, 0.3) is 0 Å². The summed E-state index contributed by atoms with van der Waals surface area (Å²) in [6.45, 7) is 13.0. The molecule has 0 spiro atoms. The van der Waals surface area contributed by atoms with Crippen LogP contribution < -0.4 is 5.19 Å². The van der Waals surface area contributed by atoms with E-state index in [0.29, 0.717) is 6.61 Å². The fourth-order valence-corrected chi connectivity index (χ4v) is 5.22. The summed E-state index contributed by atoms with van der Waals surface area (Å²) in [7, 11) is -2.31. The van der Waals surface area contributed by atoms with E-state index in [1.54, 1.807) is 0 Å². The largest absolute Gasteiger partial charge is 0.405 e. The Morgan fingerprint density at radius 2 is 1.50 bits per heavy atom. The minimum absolute atomic E-state index is 0.684. The van der Waals surface area contributed by atoms with Crippen molar-refractivity contribution in [3.05, 3.63) is 89.8 Å². The number of hydrogen-bond donors (Lipinski definition) is 0. The lowest BCUT2D eigenvalue weighted by molar-refractivity contribution is 0.326. The Morgan fingerprint density at radius 3 is 2.09 bits per heavy atom. The number of aryl methyl sites for hydroxylation is 2. The first-order chi connectivity index (χ1) is 10.6. The van der Waals surface area contributed by atoms with Crippen molar-refractivity contribution >= 4 is 13.5 Å². The van der Waals surface area contributed by atoms with Gasteiger partial charge in [0.1, 0.15) is 0 Å². The van der Waals surface area contributed by atoms with E-state index in [1.165, 1.54) is 21.9 Å². The van der Waals surface area contributed by atoms with Crippen LogP contribution in [0.5, 0.6) is 0 Å². The lowest BCUT2D eigenvalue weighted by Crippen LogP contribution is -2.49. The van der Waals surface area contributed by atoms with Crippen LogP contribution in [0.3, 0.4) is 0 Å². The van der Waals surface area contributed by atoms with Crippen molar-refractivity contribution in [1.82, 2.24) is 0 Å². The maximum Gasteiger partial charge on any atom is 0.272 e. The minimum atomic E-state index is -2.31. The second-order valence-corrected chi connectivity index (χ2v) is 8.77. The Labute approximate surface area is 135 Å². The molecule has 114 valence electrons. The molecule has 0 saturated carbocycles. The fraction of sp³-hybridized carbons (Fsp3) is 0.200. The van der Waals surface area contributed by atoms with Gasteiger partial charge in [-0.05, 0) is 42.1 Å². The van der Waals surface area contributed by atoms with Crippen LogP contribution >= 0.6 is 0 Å². The Hall–Kier alpha value is -1.90. The highest BCUT2D eigenvalue weighted by atomic mass is 28.4. The third kappa shape index (κ3) is 3.46. The topological polar surface area (TPSA) is 9.23 Å². The highest BCUT2D eigenvalue weighted by Crippen LogP contribution is 2.14. The average Bonchev–Trinajstić information content (AvgIpc) is 2.54. The second kappa shape index (κ2) is 7.39. The standard InChI is InChI=1S/C20H24OSi/c1-5-22(6-2,20-14-10-8-12-18(20)4)21-16-15-19-13-9-7-11-17(19)3/h5-14H,1-2,15-16H2,3-4H3. The van der Waals surface area contributed by atoms with Crippen molar-refractivity contribution in [2.45, 2.75) is 20.3 Å². The van der Waals surface area contributed by atoms with Crippen molar-refractivity contribution in [2.75, 3.05) is 6.61 Å². The third-order valence-corrected chi connectivity index (χ3v) is 7.44. The number of rotatable bonds is 7. The van der Waals surface area contributed by atoms with Gasteiger partial charge in [-0.3, -0.25) is 0 Å². The van der Waals surface area contributed by atoms with Gasteiger partial charge in [-0.15, -0.1) is 13.2 Å². The summed E-state index contributed by atoms with van der Waals surface area (Å²) >= 11 is 0. The minimum Gasteiger partial charge on any atom is -0.405 e. The zero-order valence-corrected chi connectivity index (χ0v) is 14.5. The zero-order valence-electron chi connectivity index (χ0n) is 13.5. The molecule has 2 rings (SSSR count). The molecule has 0 bridgehead atoms. The highest BCUT2D eigenvalue weighted by Gasteiger charge is 2.31. The van der Waals surface area contributed by atoms with Gasteiger partial charge in [-0.2, -0.15) is 0 Å². The third-order valence-electron chi connectivity index (χ3n) is 4.15. The summed E-state index contributed by atoms with van der Waals surface area (Å²) in [5.41, 5.74) is 7.83. The Kier molecular flexibility index (Phi) is 5.53. The van der Waals surface area contributed by atoms with E-state index < -0.39 is 8.32 Å². The fourth-order valence-electron chi connectivity index (χ4n) is 2.73. The molecule has 0 fully saturated rings. The van der Waals surface area contributed by atoms with Gasteiger partial charge in [0.05, 0.1) is 0 Å². The van der Waals surface area contributed by atoms with Crippen LogP contribution in [-0.4, -0.2) is 14.9 Å². The summed E-state index contributed by atoms with van der Waals surface area (Å²) < 4.78 is 6.36. The van der Waals surface area contributed by atoms with Crippen molar-refractivity contribution in [3.8, 4) is 0 Å². The van der Waals surface area contributed by atoms with Crippen molar-refractivity contribution in [2.24, 2.45) is 0 Å². The van der Waals surface area contributed by atoms with E-state index in [2.05, 4.69) is 75.5 Å². The maximum atomic E-state index is 6.36. The molecule has 0 aliphatic heterocycles. The molecular weight excluding hydrogens is 284 g/mol. The molecule has 0 amide bonds. The van der Waals surface area contributed by atoms with Gasteiger partial charge >= 0.3 is 0 Å². The van der Waals surface area contributed by atoms with Crippen LogP contribution in [0.15, 0.2) is 73.1 Å². The molecule has 22 heavy (non-hydrogen) atoms.